The number of hydrogen-bond acceptors (Lipinski definition) is 3. The van der Waals surface area contributed by atoms with Crippen molar-refractivity contribution in [1.29, 1.82) is 0 Å². The zero-order chi connectivity index (χ0) is 14.6. The topological polar surface area (TPSA) is 42.0 Å². The summed E-state index contributed by atoms with van der Waals surface area (Å²) in [7, 11) is -1.80. The van der Waals surface area contributed by atoms with Crippen LogP contribution < -0.4 is 0 Å². The molecule has 2 rings (SSSR count). The lowest BCUT2D eigenvalue weighted by atomic mass is 9.79. The Hall–Kier alpha value is -0.163. The van der Waals surface area contributed by atoms with Crippen LogP contribution in [0.15, 0.2) is 12.2 Å². The van der Waals surface area contributed by atoms with Gasteiger partial charge < -0.3 is 14.3 Å². The first-order valence-electron chi connectivity index (χ1n) is 7.22. The molecule has 2 aliphatic rings. The van der Waals surface area contributed by atoms with E-state index < -0.39 is 14.4 Å². The van der Waals surface area contributed by atoms with Crippen molar-refractivity contribution in [3.63, 3.8) is 0 Å². The third kappa shape index (κ3) is 2.56. The van der Waals surface area contributed by atoms with Gasteiger partial charge in [-0.2, -0.15) is 0 Å². The van der Waals surface area contributed by atoms with Gasteiger partial charge in [0.1, 0.15) is 5.60 Å². The molecular formula is C15H28O3Si. The van der Waals surface area contributed by atoms with Gasteiger partial charge in [-0.3, -0.25) is 0 Å². The monoisotopic (exact) mass is 284 g/mol. The summed E-state index contributed by atoms with van der Waals surface area (Å²) >= 11 is 0. The van der Waals surface area contributed by atoms with Crippen LogP contribution >= 0.6 is 0 Å². The lowest BCUT2D eigenvalue weighted by Gasteiger charge is -2.42. The molecule has 1 aliphatic heterocycles. The Balaban J connectivity index is 2.09. The third-order valence-corrected chi connectivity index (χ3v) is 9.75. The molecule has 0 aromatic heterocycles. The van der Waals surface area contributed by atoms with Crippen LogP contribution in [0.25, 0.3) is 0 Å². The summed E-state index contributed by atoms with van der Waals surface area (Å²) in [6, 6.07) is 0. The summed E-state index contributed by atoms with van der Waals surface area (Å²) in [4.78, 5) is 0. The molecule has 1 saturated heterocycles. The quantitative estimate of drug-likeness (QED) is 0.481. The minimum atomic E-state index is -1.80. The second-order valence-electron chi connectivity index (χ2n) is 7.63. The van der Waals surface area contributed by atoms with E-state index in [1.807, 2.05) is 6.92 Å². The van der Waals surface area contributed by atoms with Gasteiger partial charge >= 0.3 is 0 Å². The molecule has 1 N–H and O–H groups in total. The molecule has 4 heteroatoms. The fraction of sp³-hybridized carbons (Fsp3) is 0.867. The maximum absolute atomic E-state index is 10.2. The molecule has 4 atom stereocenters. The lowest BCUT2D eigenvalue weighted by molar-refractivity contribution is 0.0477. The smallest absolute Gasteiger partial charge is 0.192 e. The first-order valence-corrected chi connectivity index (χ1v) is 10.1. The number of rotatable bonds is 2. The van der Waals surface area contributed by atoms with Crippen LogP contribution in [0.2, 0.25) is 18.1 Å². The van der Waals surface area contributed by atoms with Crippen molar-refractivity contribution in [3.8, 4) is 0 Å². The maximum atomic E-state index is 10.2. The van der Waals surface area contributed by atoms with Gasteiger partial charge in [0.25, 0.3) is 0 Å². The highest BCUT2D eigenvalue weighted by molar-refractivity contribution is 6.74. The average Bonchev–Trinajstić information content (AvgIpc) is 2.84. The van der Waals surface area contributed by atoms with E-state index in [-0.39, 0.29) is 22.8 Å². The molecule has 0 amide bonds. The molecule has 2 fully saturated rings. The zero-order valence-electron chi connectivity index (χ0n) is 13.1. The van der Waals surface area contributed by atoms with Gasteiger partial charge in [-0.25, -0.2) is 0 Å². The van der Waals surface area contributed by atoms with E-state index >= 15 is 0 Å². The van der Waals surface area contributed by atoms with Gasteiger partial charge in [0.2, 0.25) is 0 Å². The SMILES string of the molecule is C=C1C(O)CC(O[Si](C)(C)C(C)(C)C)CC12OC2C. The van der Waals surface area contributed by atoms with E-state index in [1.54, 1.807) is 0 Å². The summed E-state index contributed by atoms with van der Waals surface area (Å²) in [5.41, 5.74) is 0.528. The predicted molar refractivity (Wildman–Crippen MR) is 79.7 cm³/mol. The Morgan fingerprint density at radius 2 is 1.95 bits per heavy atom. The first kappa shape index (κ1) is 15.2. The molecule has 1 spiro atoms. The highest BCUT2D eigenvalue weighted by atomic mass is 28.4. The third-order valence-electron chi connectivity index (χ3n) is 5.22. The second-order valence-corrected chi connectivity index (χ2v) is 12.4. The minimum Gasteiger partial charge on any atom is -0.414 e. The minimum absolute atomic E-state index is 0.0892. The molecular weight excluding hydrogens is 256 g/mol. The number of aliphatic hydroxyl groups excluding tert-OH is 1. The van der Waals surface area contributed by atoms with E-state index in [2.05, 4.69) is 40.4 Å². The molecule has 0 aromatic rings. The molecule has 1 heterocycles. The van der Waals surface area contributed by atoms with E-state index in [4.69, 9.17) is 9.16 Å². The first-order chi connectivity index (χ1) is 8.49. The van der Waals surface area contributed by atoms with Gasteiger partial charge in [0.15, 0.2) is 8.32 Å². The van der Waals surface area contributed by atoms with Crippen molar-refractivity contribution in [2.45, 2.75) is 82.6 Å². The van der Waals surface area contributed by atoms with Crippen LogP contribution in [0, 0.1) is 0 Å². The molecule has 0 bridgehead atoms. The standard InChI is InChI=1S/C15H28O3Si/c1-10-13(16)8-12(9-15(10)11(2)17-15)18-19(6,7)14(3,4)5/h11-13,16H,1,8-9H2,2-7H3. The molecule has 110 valence electrons. The molecule has 4 unspecified atom stereocenters. The van der Waals surface area contributed by atoms with Crippen molar-refractivity contribution in [2.24, 2.45) is 0 Å². The van der Waals surface area contributed by atoms with Crippen molar-refractivity contribution < 1.29 is 14.3 Å². The highest BCUT2D eigenvalue weighted by Crippen LogP contribution is 2.52. The Morgan fingerprint density at radius 3 is 2.37 bits per heavy atom. The molecule has 3 nitrogen and oxygen atoms in total. The van der Waals surface area contributed by atoms with Gasteiger partial charge in [0.05, 0.1) is 18.3 Å². The van der Waals surface area contributed by atoms with E-state index in [0.29, 0.717) is 6.42 Å². The molecule has 19 heavy (non-hydrogen) atoms. The maximum Gasteiger partial charge on any atom is 0.192 e. The highest BCUT2D eigenvalue weighted by Gasteiger charge is 2.60. The lowest BCUT2D eigenvalue weighted by Crippen LogP contribution is -2.48. The van der Waals surface area contributed by atoms with Crippen molar-refractivity contribution >= 4 is 8.32 Å². The van der Waals surface area contributed by atoms with Crippen LogP contribution in [-0.4, -0.2) is 37.3 Å². The normalized spacial score (nSPS) is 39.7. The Morgan fingerprint density at radius 1 is 1.42 bits per heavy atom. The summed E-state index contributed by atoms with van der Waals surface area (Å²) in [6.45, 7) is 17.3. The molecule has 1 aliphatic carbocycles. The summed E-state index contributed by atoms with van der Waals surface area (Å²) in [5.74, 6) is 0. The van der Waals surface area contributed by atoms with Crippen LogP contribution in [0.4, 0.5) is 0 Å². The van der Waals surface area contributed by atoms with Crippen LogP contribution in [-0.2, 0) is 9.16 Å². The Labute approximate surface area is 118 Å². The van der Waals surface area contributed by atoms with Gasteiger partial charge in [-0.15, -0.1) is 0 Å². The number of epoxide rings is 1. The number of ether oxygens (including phenoxy) is 1. The predicted octanol–water partition coefficient (Wildman–Crippen LogP) is 3.25. The van der Waals surface area contributed by atoms with Crippen LogP contribution in [0.1, 0.15) is 40.5 Å². The fourth-order valence-corrected chi connectivity index (χ4v) is 4.11. The molecule has 0 aromatic carbocycles. The van der Waals surface area contributed by atoms with Gasteiger partial charge in [0, 0.05) is 12.8 Å². The number of hydrogen-bond donors (Lipinski definition) is 1. The largest absolute Gasteiger partial charge is 0.414 e. The average molecular weight is 284 g/mol. The van der Waals surface area contributed by atoms with E-state index in [0.717, 1.165) is 12.0 Å². The Kier molecular flexibility index (Phi) is 3.54. The van der Waals surface area contributed by atoms with Crippen molar-refractivity contribution in [2.75, 3.05) is 0 Å². The zero-order valence-corrected chi connectivity index (χ0v) is 14.1. The Bertz CT molecular complexity index is 385. The van der Waals surface area contributed by atoms with Crippen molar-refractivity contribution in [1.82, 2.24) is 0 Å². The summed E-state index contributed by atoms with van der Waals surface area (Å²) < 4.78 is 12.2. The van der Waals surface area contributed by atoms with Gasteiger partial charge in [-0.1, -0.05) is 27.4 Å². The van der Waals surface area contributed by atoms with Gasteiger partial charge in [-0.05, 0) is 30.6 Å². The van der Waals surface area contributed by atoms with Crippen molar-refractivity contribution in [3.05, 3.63) is 12.2 Å². The second kappa shape index (κ2) is 4.42. The summed E-state index contributed by atoms with van der Waals surface area (Å²) in [5, 5.41) is 10.4. The summed E-state index contributed by atoms with van der Waals surface area (Å²) in [6.07, 6.45) is 1.26. The van der Waals surface area contributed by atoms with Crippen LogP contribution in [0.5, 0.6) is 0 Å². The van der Waals surface area contributed by atoms with E-state index in [9.17, 15) is 5.11 Å². The fourth-order valence-electron chi connectivity index (χ4n) is 2.74. The molecule has 0 radical (unpaired) electrons. The van der Waals surface area contributed by atoms with Crippen LogP contribution in [0.3, 0.4) is 0 Å². The molecule has 1 saturated carbocycles. The van der Waals surface area contributed by atoms with E-state index in [1.165, 1.54) is 0 Å². The number of aliphatic hydroxyl groups is 1.